The second-order valence-electron chi connectivity index (χ2n) is 4.05. The summed E-state index contributed by atoms with van der Waals surface area (Å²) in [6.07, 6.45) is 0. The Hall–Kier alpha value is 2.21. The van der Waals surface area contributed by atoms with Crippen molar-refractivity contribution in [3.63, 3.8) is 0 Å². The van der Waals surface area contributed by atoms with Crippen molar-refractivity contribution in [2.24, 2.45) is 0 Å². The zero-order valence-corrected chi connectivity index (χ0v) is 22.7. The van der Waals surface area contributed by atoms with Gasteiger partial charge in [0.1, 0.15) is 0 Å². The second-order valence-corrected chi connectivity index (χ2v) is 21.6. The van der Waals surface area contributed by atoms with Crippen LogP contribution in [0.1, 0.15) is 41.5 Å². The Morgan fingerprint density at radius 2 is 1.00 bits per heavy atom. The summed E-state index contributed by atoms with van der Waals surface area (Å²) in [6, 6.07) is 4.21. The molecule has 0 unspecified atom stereocenters. The molecule has 0 nitrogen and oxygen atoms in total. The summed E-state index contributed by atoms with van der Waals surface area (Å²) in [5.74, 6) is 0. The van der Waals surface area contributed by atoms with Gasteiger partial charge in [0.2, 0.25) is 0 Å². The van der Waals surface area contributed by atoms with E-state index in [1.165, 1.54) is 33.9 Å². The minimum atomic E-state index is -0.796. The zero-order valence-electron chi connectivity index (χ0n) is 12.4. The van der Waals surface area contributed by atoms with Crippen LogP contribution in [-0.4, -0.2) is 36.4 Å². The van der Waals surface area contributed by atoms with E-state index in [1.807, 2.05) is 0 Å². The van der Waals surface area contributed by atoms with Gasteiger partial charge in [0.15, 0.2) is 0 Å². The Balaban J connectivity index is -0.000000200. The van der Waals surface area contributed by atoms with Crippen LogP contribution in [-0.2, 0) is 27.7 Å². The monoisotopic (exact) mass is 558 g/mol. The fourth-order valence-corrected chi connectivity index (χ4v) is 6.15. The first kappa shape index (κ1) is 23.3. The largest absolute Gasteiger partial charge is 0 e. The van der Waals surface area contributed by atoms with Gasteiger partial charge in [-0.3, -0.25) is 0 Å². The average molecular weight is 555 g/mol. The van der Waals surface area contributed by atoms with Crippen molar-refractivity contribution in [1.82, 2.24) is 0 Å². The maximum absolute atomic E-state index is 3.38. The number of hydrogen-bond donors (Lipinski definition) is 0. The Bertz CT molecular complexity index is 114. The molecular formula is C12H30GeHgSeSi. The first-order valence-electron chi connectivity index (χ1n) is 6.57. The molecule has 16 heavy (non-hydrogen) atoms. The minimum absolute atomic E-state index is 0. The molecule has 0 atom stereocenters. The summed E-state index contributed by atoms with van der Waals surface area (Å²) in [7, 11) is 0. The standard InChI is InChI=1S/C6H15Ge.C6H15SeSi.Hg/c1-4-7(5-2)6-3;1-4-8(7,5-2)6-3;/h4-6H2,1-3H3;4-6H2,1-3H3;. The van der Waals surface area contributed by atoms with E-state index >= 15 is 0 Å². The summed E-state index contributed by atoms with van der Waals surface area (Å²) in [5.41, 5.74) is 0. The smallest absolute Gasteiger partial charge is 0 e. The van der Waals surface area contributed by atoms with E-state index in [0.717, 1.165) is 0 Å². The van der Waals surface area contributed by atoms with Crippen LogP contribution in [0.5, 0.6) is 0 Å². The van der Waals surface area contributed by atoms with Gasteiger partial charge >= 0.3 is 112 Å². The number of hydrogen-bond acceptors (Lipinski definition) is 0. The molecule has 0 heterocycles. The molecule has 4 heteroatoms. The molecule has 2 radical (unpaired) electrons. The SMILES string of the molecule is CC[Si]([Se])(CC)CC.C[CH2][Ge]([CH2]C)[CH2]C.[Hg]. The molecule has 0 aromatic rings. The van der Waals surface area contributed by atoms with E-state index in [4.69, 9.17) is 0 Å². The van der Waals surface area contributed by atoms with Crippen molar-refractivity contribution in [2.45, 2.75) is 75.4 Å². The zero-order chi connectivity index (χ0) is 12.3. The van der Waals surface area contributed by atoms with Gasteiger partial charge in [0.05, 0.1) is 0 Å². The summed E-state index contributed by atoms with van der Waals surface area (Å²) in [4.78, 5) is 0. The van der Waals surface area contributed by atoms with Crippen molar-refractivity contribution in [3.8, 4) is 0 Å². The van der Waals surface area contributed by atoms with Gasteiger partial charge < -0.3 is 0 Å². The Morgan fingerprint density at radius 1 is 0.750 bits per heavy atom. The fourth-order valence-electron chi connectivity index (χ4n) is 1.50. The molecule has 0 rings (SSSR count). The normalized spacial score (nSPS) is 10.5. The van der Waals surface area contributed by atoms with Gasteiger partial charge in [0, 0.05) is 27.7 Å². The molecule has 94 valence electrons. The molecule has 0 bridgehead atoms. The van der Waals surface area contributed by atoms with Crippen molar-refractivity contribution in [1.29, 1.82) is 0 Å². The Labute approximate surface area is 138 Å². The summed E-state index contributed by atoms with van der Waals surface area (Å²) in [5, 5.41) is 4.56. The van der Waals surface area contributed by atoms with Crippen LogP contribution in [0.3, 0.4) is 0 Å². The van der Waals surface area contributed by atoms with Crippen LogP contribution in [0, 0.1) is 0 Å². The predicted octanol–water partition coefficient (Wildman–Crippen LogP) is 4.70. The molecule has 0 spiro atoms. The van der Waals surface area contributed by atoms with Crippen LogP contribution in [0.25, 0.3) is 0 Å². The minimum Gasteiger partial charge on any atom is 0 e. The molecule has 0 aliphatic carbocycles. The molecule has 0 saturated heterocycles. The van der Waals surface area contributed by atoms with E-state index in [0.29, 0.717) is 0 Å². The molecule has 0 amide bonds. The Morgan fingerprint density at radius 3 is 1.00 bits per heavy atom. The van der Waals surface area contributed by atoms with E-state index in [1.54, 1.807) is 0 Å². The molecule has 0 N–H and O–H groups in total. The Kier molecular flexibility index (Phi) is 22.3. The van der Waals surface area contributed by atoms with Crippen molar-refractivity contribution >= 4 is 36.4 Å². The fraction of sp³-hybridized carbons (Fsp3) is 1.00. The van der Waals surface area contributed by atoms with Gasteiger partial charge in [-0.15, -0.1) is 0 Å². The first-order chi connectivity index (χ1) is 7.03. The summed E-state index contributed by atoms with van der Waals surface area (Å²) >= 11 is 2.98. The first-order valence-corrected chi connectivity index (χ1v) is 16.1. The summed E-state index contributed by atoms with van der Waals surface area (Å²) < 4.78 is 0. The molecule has 0 aromatic heterocycles. The van der Waals surface area contributed by atoms with Crippen LogP contribution >= 0.6 is 0 Å². The number of rotatable bonds is 6. The quantitative estimate of drug-likeness (QED) is 0.418. The third-order valence-electron chi connectivity index (χ3n) is 3.43. The predicted molar refractivity (Wildman–Crippen MR) is 80.1 cm³/mol. The molecule has 0 fully saturated rings. The third kappa shape index (κ3) is 12.7. The molecular weight excluding hydrogens is 524 g/mol. The van der Waals surface area contributed by atoms with Gasteiger partial charge in [-0.1, -0.05) is 0 Å². The van der Waals surface area contributed by atoms with Crippen molar-refractivity contribution in [3.05, 3.63) is 0 Å². The van der Waals surface area contributed by atoms with Crippen LogP contribution in [0.15, 0.2) is 0 Å². The van der Waals surface area contributed by atoms with E-state index in [-0.39, 0.29) is 27.7 Å². The van der Waals surface area contributed by atoms with Gasteiger partial charge in [-0.2, -0.15) is 0 Å². The van der Waals surface area contributed by atoms with E-state index in [9.17, 15) is 0 Å². The average Bonchev–Trinajstić information content (AvgIpc) is 2.31. The molecule has 0 saturated carbocycles. The maximum Gasteiger partial charge on any atom is 0 e. The van der Waals surface area contributed by atoms with E-state index < -0.39 is 21.0 Å². The van der Waals surface area contributed by atoms with Crippen LogP contribution < -0.4 is 0 Å². The van der Waals surface area contributed by atoms with Crippen LogP contribution in [0.2, 0.25) is 33.9 Å². The van der Waals surface area contributed by atoms with Crippen LogP contribution in [0.4, 0.5) is 0 Å². The molecule has 0 aliphatic rings. The summed E-state index contributed by atoms with van der Waals surface area (Å²) in [6.45, 7) is 13.1. The van der Waals surface area contributed by atoms with Crippen molar-refractivity contribution < 1.29 is 27.7 Å². The third-order valence-corrected chi connectivity index (χ3v) is 19.0. The maximum atomic E-state index is 3.38. The van der Waals surface area contributed by atoms with E-state index in [2.05, 4.69) is 56.9 Å². The molecule has 0 aromatic carbocycles. The second kappa shape index (κ2) is 15.3. The molecule has 0 aliphatic heterocycles. The van der Waals surface area contributed by atoms with Gasteiger partial charge in [-0.05, 0) is 0 Å². The van der Waals surface area contributed by atoms with Crippen molar-refractivity contribution in [2.75, 3.05) is 0 Å². The topological polar surface area (TPSA) is 0 Å². The van der Waals surface area contributed by atoms with Gasteiger partial charge in [0.25, 0.3) is 0 Å². The van der Waals surface area contributed by atoms with Gasteiger partial charge in [-0.25, -0.2) is 0 Å².